The topological polar surface area (TPSA) is 406 Å². The van der Waals surface area contributed by atoms with E-state index in [1.807, 2.05) is 0 Å². The Kier molecular flexibility index (Phi) is 27.2. The average molecular weight is 990 g/mol. The summed E-state index contributed by atoms with van der Waals surface area (Å²) in [6, 6.07) is -10.3. The van der Waals surface area contributed by atoms with E-state index in [1.165, 1.54) is 30.5 Å². The van der Waals surface area contributed by atoms with Gasteiger partial charge in [-0.25, -0.2) is 4.79 Å². The fourth-order valence-corrected chi connectivity index (χ4v) is 7.08. The number of likely N-dealkylation sites (tertiary alicyclic amines) is 1. The molecule has 0 aromatic carbocycles. The number of nitrogens with zero attached hydrogens (tertiary/aromatic N) is 1. The number of hydrogen-bond acceptors (Lipinski definition) is 16. The molecule has 0 bridgehead atoms. The summed E-state index contributed by atoms with van der Waals surface area (Å²) in [6.07, 6.45) is 1.35. The summed E-state index contributed by atoms with van der Waals surface area (Å²) in [6.45, 7) is 6.20. The quantitative estimate of drug-likeness (QED) is 0.0318. The van der Waals surface area contributed by atoms with Crippen molar-refractivity contribution in [3.05, 3.63) is 0 Å². The molecular weight excluding hydrogens is 919 g/mol. The van der Waals surface area contributed by atoms with Crippen LogP contribution in [0.15, 0.2) is 0 Å². The lowest BCUT2D eigenvalue weighted by Gasteiger charge is -2.30. The molecule has 26 nitrogen and oxygen atoms in total. The van der Waals surface area contributed by atoms with Gasteiger partial charge in [-0.2, -0.15) is 11.8 Å². The predicted molar refractivity (Wildman–Crippen MR) is 244 cm³/mol. The molecule has 1 fully saturated rings. The van der Waals surface area contributed by atoms with Crippen LogP contribution < -0.4 is 53.6 Å². The van der Waals surface area contributed by atoms with Gasteiger partial charge in [-0.05, 0) is 69.8 Å². The van der Waals surface area contributed by atoms with Crippen LogP contribution in [-0.2, 0) is 52.7 Å². The minimum absolute atomic E-state index is 0.0542. The lowest BCUT2D eigenvalue weighted by Crippen LogP contribution is -2.58. The minimum atomic E-state index is -1.58. The zero-order valence-corrected chi connectivity index (χ0v) is 40.4. The monoisotopic (exact) mass is 989 g/mol. The highest BCUT2D eigenvalue weighted by molar-refractivity contribution is 7.98. The summed E-state index contributed by atoms with van der Waals surface area (Å²) in [5.41, 5.74) is 5.42. The van der Waals surface area contributed by atoms with Gasteiger partial charge in [0.2, 0.25) is 59.1 Å². The van der Waals surface area contributed by atoms with Crippen LogP contribution in [0.3, 0.4) is 0 Å². The Morgan fingerprint density at radius 3 is 1.65 bits per heavy atom. The first-order chi connectivity index (χ1) is 31.9. The molecule has 0 radical (unpaired) electrons. The molecule has 0 saturated carbocycles. The second-order valence-electron chi connectivity index (χ2n) is 17.1. The Morgan fingerprint density at radius 2 is 1.15 bits per heavy atom. The normalized spacial score (nSPS) is 16.9. The highest BCUT2D eigenvalue weighted by Crippen LogP contribution is 2.21. The SMILES string of the molecule is CSCC[C@H](NC(=O)CNC(=O)[C@H](CO)NC(=O)[C@@H](N)CO)C(=O)N1CCC[C@H]1C(=O)N[C@@H](CC(C)C)C(=O)NCC(=O)N[C@@H](C)C(=O)N[C@H](C(=O)NCC(=O)N[C@@H](CC(C)C)C(=O)O)[C@@H](C)O. The van der Waals surface area contributed by atoms with Gasteiger partial charge in [0.05, 0.1) is 39.0 Å². The molecule has 0 aliphatic carbocycles. The first kappa shape index (κ1) is 60.4. The van der Waals surface area contributed by atoms with E-state index >= 15 is 0 Å². The molecule has 386 valence electrons. The van der Waals surface area contributed by atoms with Crippen molar-refractivity contribution in [3.8, 4) is 0 Å². The predicted octanol–water partition coefficient (Wildman–Crippen LogP) is -6.12. The molecule has 15 N–H and O–H groups in total. The van der Waals surface area contributed by atoms with E-state index in [9.17, 15) is 68.1 Å². The highest BCUT2D eigenvalue weighted by Gasteiger charge is 2.39. The fraction of sp³-hybridized carbons (Fsp3) is 0.732. The zero-order chi connectivity index (χ0) is 51.8. The number of aliphatic hydroxyl groups is 3. The van der Waals surface area contributed by atoms with Crippen molar-refractivity contribution in [2.24, 2.45) is 17.6 Å². The first-order valence-electron chi connectivity index (χ1n) is 22.2. The van der Waals surface area contributed by atoms with Gasteiger partial charge in [-0.15, -0.1) is 0 Å². The van der Waals surface area contributed by atoms with Gasteiger partial charge in [0.25, 0.3) is 0 Å². The zero-order valence-electron chi connectivity index (χ0n) is 39.5. The molecule has 1 aliphatic rings. The highest BCUT2D eigenvalue weighted by atomic mass is 32.2. The summed E-state index contributed by atoms with van der Waals surface area (Å²) >= 11 is 1.39. The second-order valence-corrected chi connectivity index (χ2v) is 18.1. The Hall–Kier alpha value is -5.64. The van der Waals surface area contributed by atoms with Crippen molar-refractivity contribution in [1.29, 1.82) is 0 Å². The van der Waals surface area contributed by atoms with Crippen molar-refractivity contribution in [3.63, 3.8) is 0 Å². The molecule has 0 aromatic rings. The minimum Gasteiger partial charge on any atom is -0.480 e. The Morgan fingerprint density at radius 1 is 0.632 bits per heavy atom. The van der Waals surface area contributed by atoms with Crippen molar-refractivity contribution in [2.75, 3.05) is 51.4 Å². The van der Waals surface area contributed by atoms with Crippen LogP contribution in [0.5, 0.6) is 0 Å². The molecule has 27 heteroatoms. The van der Waals surface area contributed by atoms with E-state index in [0.717, 1.165) is 0 Å². The van der Waals surface area contributed by atoms with Crippen LogP contribution in [0.2, 0.25) is 0 Å². The number of nitrogens with one attached hydrogen (secondary N) is 9. The largest absolute Gasteiger partial charge is 0.480 e. The summed E-state index contributed by atoms with van der Waals surface area (Å²) in [4.78, 5) is 142. The third-order valence-corrected chi connectivity index (χ3v) is 10.9. The van der Waals surface area contributed by atoms with Gasteiger partial charge < -0.3 is 78.9 Å². The average Bonchev–Trinajstić information content (AvgIpc) is 3.77. The van der Waals surface area contributed by atoms with Gasteiger partial charge in [-0.3, -0.25) is 47.9 Å². The molecule has 1 saturated heterocycles. The third kappa shape index (κ3) is 21.5. The molecule has 0 aromatic heterocycles. The molecule has 0 unspecified atom stereocenters. The van der Waals surface area contributed by atoms with Crippen molar-refractivity contribution in [1.82, 2.24) is 52.8 Å². The third-order valence-electron chi connectivity index (χ3n) is 10.2. The summed E-state index contributed by atoms with van der Waals surface area (Å²) in [7, 11) is 0. The van der Waals surface area contributed by atoms with Gasteiger partial charge >= 0.3 is 5.97 Å². The number of carboxylic acid groups (broad SMARTS) is 1. The van der Waals surface area contributed by atoms with Gasteiger partial charge in [-0.1, -0.05) is 27.7 Å². The molecule has 1 heterocycles. The van der Waals surface area contributed by atoms with E-state index in [4.69, 9.17) is 10.8 Å². The fourth-order valence-electron chi connectivity index (χ4n) is 6.61. The second kappa shape index (κ2) is 30.7. The number of carboxylic acids is 1. The maximum atomic E-state index is 13.9. The number of carbonyl (C=O) groups excluding carboxylic acids is 10. The van der Waals surface area contributed by atoms with Crippen LogP contribution >= 0.6 is 11.8 Å². The number of amides is 10. The molecule has 1 rings (SSSR count). The van der Waals surface area contributed by atoms with E-state index in [2.05, 4.69) is 47.9 Å². The smallest absolute Gasteiger partial charge is 0.326 e. The van der Waals surface area contributed by atoms with Crippen LogP contribution in [0.1, 0.15) is 73.6 Å². The Labute approximate surface area is 398 Å². The standard InChI is InChI=1S/C41H71N11O15S/c1-20(2)13-26(36(61)43-15-30(56)46-22(5)34(59)51-33(23(6)55)39(64)45-17-32(58)48-27(41(66)67)14-21(3)4)49-38(63)29-9-8-11-52(29)40(65)25(10-12-68-7)47-31(57)16-44-37(62)28(19-54)50-35(60)24(42)18-53/h20-29,33,53-55H,8-19,42H2,1-7H3,(H,43,61)(H,44,62)(H,45,64)(H,46,56)(H,47,57)(H,48,58)(H,49,63)(H,50,60)(H,51,59)(H,66,67)/t22-,23+,24-,25-,26-,27-,28-,29-,33-/m0/s1. The summed E-state index contributed by atoms with van der Waals surface area (Å²) < 4.78 is 0. The number of carbonyl (C=O) groups is 11. The first-order valence-corrected chi connectivity index (χ1v) is 23.6. The van der Waals surface area contributed by atoms with Crippen LogP contribution in [0.4, 0.5) is 0 Å². The van der Waals surface area contributed by atoms with E-state index in [0.29, 0.717) is 12.2 Å². The van der Waals surface area contributed by atoms with Crippen LogP contribution in [0.25, 0.3) is 0 Å². The molecule has 10 amide bonds. The van der Waals surface area contributed by atoms with Gasteiger partial charge in [0.1, 0.15) is 48.3 Å². The number of nitrogens with two attached hydrogens (primary N) is 1. The maximum Gasteiger partial charge on any atom is 0.326 e. The molecule has 9 atom stereocenters. The van der Waals surface area contributed by atoms with Gasteiger partial charge in [0.15, 0.2) is 0 Å². The van der Waals surface area contributed by atoms with Crippen LogP contribution in [-0.4, -0.2) is 196 Å². The number of rotatable bonds is 30. The summed E-state index contributed by atoms with van der Waals surface area (Å²) in [5.74, 6) is -9.24. The van der Waals surface area contributed by atoms with E-state index < -0.39 is 152 Å². The molecule has 68 heavy (non-hydrogen) atoms. The number of hydrogen-bond donors (Lipinski definition) is 14. The molecule has 0 spiro atoms. The van der Waals surface area contributed by atoms with E-state index in [-0.39, 0.29) is 44.1 Å². The molecular formula is C41H71N11O15S. The lowest BCUT2D eigenvalue weighted by atomic mass is 10.0. The maximum absolute atomic E-state index is 13.9. The molecule has 1 aliphatic heterocycles. The summed E-state index contributed by atoms with van der Waals surface area (Å²) in [5, 5.41) is 59.3. The van der Waals surface area contributed by atoms with Crippen LogP contribution in [0, 0.1) is 11.8 Å². The van der Waals surface area contributed by atoms with Crippen molar-refractivity contribution in [2.45, 2.75) is 128 Å². The number of aliphatic carboxylic acids is 1. The lowest BCUT2D eigenvalue weighted by molar-refractivity contribution is -0.142. The van der Waals surface area contributed by atoms with Gasteiger partial charge in [0, 0.05) is 6.54 Å². The number of aliphatic hydroxyl groups excluding tert-OH is 3. The van der Waals surface area contributed by atoms with Crippen molar-refractivity contribution < 1.29 is 73.2 Å². The van der Waals surface area contributed by atoms with E-state index in [1.54, 1.807) is 34.0 Å². The number of thioether (sulfide) groups is 1. The van der Waals surface area contributed by atoms with Crippen molar-refractivity contribution >= 4 is 76.8 Å². The Bertz CT molecular complexity index is 1770. The Balaban J connectivity index is 2.90.